The molecule has 0 aliphatic carbocycles. The molecule has 0 spiro atoms. The van der Waals surface area contributed by atoms with E-state index in [9.17, 15) is 28.8 Å². The Morgan fingerprint density at radius 3 is 0.766 bits per heavy atom. The van der Waals surface area contributed by atoms with Crippen molar-refractivity contribution in [2.24, 2.45) is 0 Å². The molecule has 0 saturated carbocycles. The lowest BCUT2D eigenvalue weighted by Crippen LogP contribution is -2.35. The van der Waals surface area contributed by atoms with E-state index >= 15 is 0 Å². The van der Waals surface area contributed by atoms with Crippen molar-refractivity contribution in [1.82, 2.24) is 4.90 Å². The van der Waals surface area contributed by atoms with Crippen molar-refractivity contribution in [3.63, 3.8) is 0 Å². The number of esters is 6. The smallest absolute Gasteiger partial charge is 0.306 e. The summed E-state index contributed by atoms with van der Waals surface area (Å²) in [6.07, 6.45) is 2.58. The van der Waals surface area contributed by atoms with E-state index in [1.165, 1.54) is 0 Å². The minimum atomic E-state index is -0.713. The third kappa shape index (κ3) is 38.0. The monoisotopic (exact) mass is 918 g/mol. The summed E-state index contributed by atoms with van der Waals surface area (Å²) in [5, 5.41) is 0. The van der Waals surface area contributed by atoms with Gasteiger partial charge < -0.3 is 42.6 Å². The minimum Gasteiger partial charge on any atom is -0.464 e. The third-order valence-corrected chi connectivity index (χ3v) is 9.19. The van der Waals surface area contributed by atoms with Gasteiger partial charge in [-0.25, -0.2) is 0 Å². The van der Waals surface area contributed by atoms with Crippen molar-refractivity contribution in [2.75, 3.05) is 59.3 Å². The molecule has 64 heavy (non-hydrogen) atoms. The van der Waals surface area contributed by atoms with Gasteiger partial charge >= 0.3 is 35.8 Å². The van der Waals surface area contributed by atoms with Crippen molar-refractivity contribution >= 4 is 35.8 Å². The molecule has 0 radical (unpaired) electrons. The average Bonchev–Trinajstić information content (AvgIpc) is 3.08. The summed E-state index contributed by atoms with van der Waals surface area (Å²) in [7, 11) is 0. The van der Waals surface area contributed by atoms with Crippen molar-refractivity contribution in [1.29, 1.82) is 0 Å². The zero-order chi connectivity index (χ0) is 49.3. The van der Waals surface area contributed by atoms with Gasteiger partial charge in [-0.15, -0.1) is 0 Å². The molecule has 0 fully saturated rings. The maximum atomic E-state index is 12.5. The van der Waals surface area contributed by atoms with Gasteiger partial charge in [-0.05, 0) is 123 Å². The van der Waals surface area contributed by atoms with Gasteiger partial charge in [-0.2, -0.15) is 0 Å². The van der Waals surface area contributed by atoms with Crippen LogP contribution in [0.4, 0.5) is 0 Å². The molecule has 374 valence electrons. The van der Waals surface area contributed by atoms with Crippen LogP contribution in [0.5, 0.6) is 0 Å². The van der Waals surface area contributed by atoms with Crippen LogP contribution in [0.2, 0.25) is 0 Å². The average molecular weight is 918 g/mol. The lowest BCUT2D eigenvalue weighted by molar-refractivity contribution is -0.160. The highest BCUT2D eigenvalue weighted by Crippen LogP contribution is 2.21. The van der Waals surface area contributed by atoms with E-state index in [0.29, 0.717) is 39.1 Å². The first kappa shape index (κ1) is 60.7. The lowest BCUT2D eigenvalue weighted by Gasteiger charge is -2.27. The van der Waals surface area contributed by atoms with Crippen LogP contribution in [0.1, 0.15) is 181 Å². The second kappa shape index (κ2) is 29.3. The molecule has 0 rings (SSSR count). The Bertz CT molecular complexity index is 1240. The number of carbonyl (C=O) groups excluding carboxylic acids is 6. The van der Waals surface area contributed by atoms with E-state index in [4.69, 9.17) is 42.6 Å². The van der Waals surface area contributed by atoms with E-state index in [-0.39, 0.29) is 114 Å². The maximum Gasteiger partial charge on any atom is 0.306 e. The maximum absolute atomic E-state index is 12.5. The van der Waals surface area contributed by atoms with Crippen molar-refractivity contribution < 1.29 is 71.4 Å². The summed E-state index contributed by atoms with van der Waals surface area (Å²) in [6.45, 7) is 30.6. The molecule has 0 aliphatic rings. The highest BCUT2D eigenvalue weighted by atomic mass is 16.6. The topological polar surface area (TPSA) is 189 Å². The molecule has 16 nitrogen and oxygen atoms in total. The molecule has 0 amide bonds. The summed E-state index contributed by atoms with van der Waals surface area (Å²) in [5.74, 6) is -2.68. The summed E-state index contributed by atoms with van der Waals surface area (Å²) in [6, 6.07) is 0. The van der Waals surface area contributed by atoms with Gasteiger partial charge in [0.2, 0.25) is 0 Å². The highest BCUT2D eigenvalue weighted by molar-refractivity contribution is 5.74. The predicted octanol–water partition coefficient (Wildman–Crippen LogP) is 8.01. The molecular formula is C48H87NO15. The van der Waals surface area contributed by atoms with Crippen molar-refractivity contribution in [2.45, 2.75) is 215 Å². The van der Waals surface area contributed by atoms with Gasteiger partial charge in [0.25, 0.3) is 0 Å². The normalized spacial score (nSPS) is 12.8. The van der Waals surface area contributed by atoms with E-state index in [1.807, 2.05) is 109 Å². The van der Waals surface area contributed by atoms with Crippen LogP contribution >= 0.6 is 0 Å². The van der Waals surface area contributed by atoms with Crippen LogP contribution in [0.15, 0.2) is 0 Å². The molecule has 0 heterocycles. The fourth-order valence-electron chi connectivity index (χ4n) is 5.59. The Labute approximate surface area is 385 Å². The molecular weight excluding hydrogens is 831 g/mol. The third-order valence-electron chi connectivity index (χ3n) is 9.19. The van der Waals surface area contributed by atoms with Crippen LogP contribution in [-0.4, -0.2) is 134 Å². The molecule has 0 aromatic carbocycles. The van der Waals surface area contributed by atoms with Gasteiger partial charge in [0, 0.05) is 77.4 Å². The second-order valence-electron chi connectivity index (χ2n) is 20.9. The number of hydrogen-bond acceptors (Lipinski definition) is 16. The first-order chi connectivity index (χ1) is 29.3. The van der Waals surface area contributed by atoms with Crippen LogP contribution in [0.25, 0.3) is 0 Å². The van der Waals surface area contributed by atoms with E-state index < -0.39 is 52.6 Å². The van der Waals surface area contributed by atoms with Gasteiger partial charge in [-0.1, -0.05) is 0 Å². The van der Waals surface area contributed by atoms with Gasteiger partial charge in [0.15, 0.2) is 0 Å². The Morgan fingerprint density at radius 1 is 0.328 bits per heavy atom. The molecule has 0 aromatic rings. The van der Waals surface area contributed by atoms with Gasteiger partial charge in [-0.3, -0.25) is 33.7 Å². The highest BCUT2D eigenvalue weighted by Gasteiger charge is 2.27. The number of ether oxygens (including phenoxy) is 9. The quantitative estimate of drug-likeness (QED) is 0.0454. The second-order valence-corrected chi connectivity index (χ2v) is 20.9. The molecule has 0 N–H and O–H groups in total. The fourth-order valence-corrected chi connectivity index (χ4v) is 5.59. The number of hydrogen-bond donors (Lipinski definition) is 0. The number of nitrogens with zero attached hydrogens (tertiary/aromatic N) is 1. The van der Waals surface area contributed by atoms with Crippen molar-refractivity contribution in [3.8, 4) is 0 Å². The van der Waals surface area contributed by atoms with E-state index in [0.717, 1.165) is 0 Å². The van der Waals surface area contributed by atoms with Crippen LogP contribution < -0.4 is 0 Å². The molecule has 0 unspecified atom stereocenters. The van der Waals surface area contributed by atoms with Crippen LogP contribution in [-0.2, 0) is 71.4 Å². The van der Waals surface area contributed by atoms with E-state index in [1.54, 1.807) is 0 Å². The Balaban J connectivity index is 4.96. The Morgan fingerprint density at radius 2 is 0.547 bits per heavy atom. The predicted molar refractivity (Wildman–Crippen MR) is 242 cm³/mol. The van der Waals surface area contributed by atoms with Crippen molar-refractivity contribution in [3.05, 3.63) is 0 Å². The SMILES string of the molecule is CC(C)(C)OCCC(C)(C)OC(=O)CCCC(=O)OCCN(CCOC(=O)CCCC(=O)OC(C)(C)CCOC(C)(C)C)CCOC(=O)CCCC(=O)OC(C)(C)CCOC(C)(C)C. The molecule has 16 heteroatoms. The Hall–Kier alpha value is -3.34. The molecule has 0 atom stereocenters. The molecule has 0 aliphatic heterocycles. The lowest BCUT2D eigenvalue weighted by atomic mass is 10.1. The molecule has 0 aromatic heterocycles. The number of carbonyl (C=O) groups is 6. The summed E-state index contributed by atoms with van der Waals surface area (Å²) >= 11 is 0. The summed E-state index contributed by atoms with van der Waals surface area (Å²) < 4.78 is 50.3. The summed E-state index contributed by atoms with van der Waals surface area (Å²) in [5.41, 5.74) is -3.02. The van der Waals surface area contributed by atoms with Gasteiger partial charge in [0.05, 0.1) is 36.6 Å². The van der Waals surface area contributed by atoms with Crippen LogP contribution in [0, 0.1) is 0 Å². The number of rotatable bonds is 33. The Kier molecular flexibility index (Phi) is 27.8. The van der Waals surface area contributed by atoms with Gasteiger partial charge in [0.1, 0.15) is 36.6 Å². The fraction of sp³-hybridized carbons (Fsp3) is 0.875. The van der Waals surface area contributed by atoms with Crippen LogP contribution in [0.3, 0.4) is 0 Å². The van der Waals surface area contributed by atoms with E-state index in [2.05, 4.69) is 0 Å². The first-order valence-corrected chi connectivity index (χ1v) is 23.0. The zero-order valence-corrected chi connectivity index (χ0v) is 42.4. The summed E-state index contributed by atoms with van der Waals surface area (Å²) in [4.78, 5) is 76.7. The standard InChI is InChI=1S/C48H87NO15/c1-43(2,3)59-31-25-46(10,11)62-40(53)22-16-19-37(50)56-34-28-49(29-35-57-38(51)20-17-23-41(54)63-47(12,13)26-32-60-44(4,5)6)30-36-58-39(52)21-18-24-42(55)64-48(14,15)27-33-61-45(7,8)9/h16-36H2,1-15H3. The first-order valence-electron chi connectivity index (χ1n) is 23.0. The molecule has 0 bridgehead atoms. The largest absolute Gasteiger partial charge is 0.464 e. The zero-order valence-electron chi connectivity index (χ0n) is 42.4. The molecule has 0 saturated heterocycles. The minimum absolute atomic E-state index is 0.00750.